The van der Waals surface area contributed by atoms with Crippen LogP contribution in [-0.4, -0.2) is 35.0 Å². The second kappa shape index (κ2) is 6.70. The second-order valence-corrected chi connectivity index (χ2v) is 5.62. The maximum absolute atomic E-state index is 13.7. The summed E-state index contributed by atoms with van der Waals surface area (Å²) in [5.41, 5.74) is 0.547. The molecule has 5 heteroatoms. The third-order valence-corrected chi connectivity index (χ3v) is 4.11. The summed E-state index contributed by atoms with van der Waals surface area (Å²) in [6.45, 7) is 2.78. The molecule has 0 saturated carbocycles. The Balaban J connectivity index is 1.90. The standard InChI is InChI=1S/C16H20FNO3/c1-11(13-4-2-3-5-14(13)17)10-15(19)18-8-6-12(7-9-18)16(20)21/h2-5,11-12H,6-10H2,1H3,(H,20,21). The molecule has 0 radical (unpaired) electrons. The molecule has 1 aromatic rings. The fourth-order valence-corrected chi connectivity index (χ4v) is 2.75. The fraction of sp³-hybridized carbons (Fsp3) is 0.500. The van der Waals surface area contributed by atoms with E-state index in [-0.39, 0.29) is 30.0 Å². The Hall–Kier alpha value is -1.91. The van der Waals surface area contributed by atoms with Gasteiger partial charge in [0.05, 0.1) is 5.92 Å². The first-order chi connectivity index (χ1) is 9.99. The Labute approximate surface area is 123 Å². The number of hydrogen-bond acceptors (Lipinski definition) is 2. The molecule has 1 amide bonds. The van der Waals surface area contributed by atoms with Crippen LogP contribution in [0.15, 0.2) is 24.3 Å². The van der Waals surface area contributed by atoms with E-state index in [0.29, 0.717) is 31.5 Å². The molecular formula is C16H20FNO3. The van der Waals surface area contributed by atoms with E-state index in [1.807, 2.05) is 6.92 Å². The van der Waals surface area contributed by atoms with Crippen molar-refractivity contribution in [2.24, 2.45) is 5.92 Å². The molecule has 21 heavy (non-hydrogen) atoms. The summed E-state index contributed by atoms with van der Waals surface area (Å²) in [6.07, 6.45) is 1.24. The number of aliphatic carboxylic acids is 1. The molecule has 2 rings (SSSR count). The highest BCUT2D eigenvalue weighted by molar-refractivity contribution is 5.77. The van der Waals surface area contributed by atoms with Gasteiger partial charge in [0.1, 0.15) is 5.82 Å². The van der Waals surface area contributed by atoms with Crippen LogP contribution in [0.5, 0.6) is 0 Å². The maximum atomic E-state index is 13.7. The van der Waals surface area contributed by atoms with E-state index in [4.69, 9.17) is 5.11 Å². The zero-order chi connectivity index (χ0) is 15.4. The van der Waals surface area contributed by atoms with Crippen LogP contribution in [0.4, 0.5) is 4.39 Å². The zero-order valence-electron chi connectivity index (χ0n) is 12.1. The molecular weight excluding hydrogens is 273 g/mol. The number of nitrogens with zero attached hydrogens (tertiary/aromatic N) is 1. The Kier molecular flexibility index (Phi) is 4.94. The number of halogens is 1. The summed E-state index contributed by atoms with van der Waals surface area (Å²) in [7, 11) is 0. The summed E-state index contributed by atoms with van der Waals surface area (Å²) >= 11 is 0. The Morgan fingerprint density at radius 1 is 1.33 bits per heavy atom. The minimum absolute atomic E-state index is 0.0328. The Bertz CT molecular complexity index is 524. The lowest BCUT2D eigenvalue weighted by atomic mass is 9.94. The van der Waals surface area contributed by atoms with E-state index in [1.165, 1.54) is 6.07 Å². The first-order valence-corrected chi connectivity index (χ1v) is 7.24. The van der Waals surface area contributed by atoms with Gasteiger partial charge in [-0.25, -0.2) is 4.39 Å². The highest BCUT2D eigenvalue weighted by Crippen LogP contribution is 2.24. The number of amides is 1. The summed E-state index contributed by atoms with van der Waals surface area (Å²) in [5.74, 6) is -1.65. The minimum atomic E-state index is -0.790. The van der Waals surface area contributed by atoms with E-state index in [0.717, 1.165) is 0 Å². The van der Waals surface area contributed by atoms with Crippen molar-refractivity contribution < 1.29 is 19.1 Å². The molecule has 1 aromatic carbocycles. The highest BCUT2D eigenvalue weighted by atomic mass is 19.1. The summed E-state index contributed by atoms with van der Waals surface area (Å²) in [5, 5.41) is 8.94. The van der Waals surface area contributed by atoms with Crippen molar-refractivity contribution in [2.45, 2.75) is 32.1 Å². The van der Waals surface area contributed by atoms with Crippen LogP contribution < -0.4 is 0 Å². The summed E-state index contributed by atoms with van der Waals surface area (Å²) in [6, 6.07) is 6.49. The number of rotatable bonds is 4. The molecule has 1 aliphatic rings. The molecule has 4 nitrogen and oxygen atoms in total. The smallest absolute Gasteiger partial charge is 0.306 e. The van der Waals surface area contributed by atoms with Crippen molar-refractivity contribution in [3.8, 4) is 0 Å². The number of likely N-dealkylation sites (tertiary alicyclic amines) is 1. The van der Waals surface area contributed by atoms with Gasteiger partial charge in [-0.1, -0.05) is 25.1 Å². The van der Waals surface area contributed by atoms with E-state index in [1.54, 1.807) is 23.1 Å². The predicted molar refractivity (Wildman–Crippen MR) is 76.4 cm³/mol. The van der Waals surface area contributed by atoms with Crippen molar-refractivity contribution in [1.29, 1.82) is 0 Å². The van der Waals surface area contributed by atoms with E-state index in [2.05, 4.69) is 0 Å². The topological polar surface area (TPSA) is 57.6 Å². The van der Waals surface area contributed by atoms with Gasteiger partial charge in [0.25, 0.3) is 0 Å². The Morgan fingerprint density at radius 2 is 1.95 bits per heavy atom. The molecule has 1 unspecified atom stereocenters. The maximum Gasteiger partial charge on any atom is 0.306 e. The lowest BCUT2D eigenvalue weighted by molar-refractivity contribution is -0.145. The second-order valence-electron chi connectivity index (χ2n) is 5.62. The molecule has 1 heterocycles. The minimum Gasteiger partial charge on any atom is -0.481 e. The first kappa shape index (κ1) is 15.5. The van der Waals surface area contributed by atoms with Crippen molar-refractivity contribution in [3.05, 3.63) is 35.6 Å². The van der Waals surface area contributed by atoms with E-state index >= 15 is 0 Å². The third kappa shape index (κ3) is 3.80. The van der Waals surface area contributed by atoms with Crippen LogP contribution in [0, 0.1) is 11.7 Å². The van der Waals surface area contributed by atoms with Crippen LogP contribution in [0.25, 0.3) is 0 Å². The molecule has 1 N–H and O–H groups in total. The van der Waals surface area contributed by atoms with Gasteiger partial charge < -0.3 is 10.0 Å². The van der Waals surface area contributed by atoms with Crippen LogP contribution in [-0.2, 0) is 9.59 Å². The Morgan fingerprint density at radius 3 is 2.52 bits per heavy atom. The third-order valence-electron chi connectivity index (χ3n) is 4.11. The van der Waals surface area contributed by atoms with Gasteiger partial charge in [-0.2, -0.15) is 0 Å². The van der Waals surface area contributed by atoms with Crippen LogP contribution >= 0.6 is 0 Å². The highest BCUT2D eigenvalue weighted by Gasteiger charge is 2.27. The number of carboxylic acids is 1. The molecule has 0 spiro atoms. The SMILES string of the molecule is CC(CC(=O)N1CCC(C(=O)O)CC1)c1ccccc1F. The van der Waals surface area contributed by atoms with Crippen LogP contribution in [0.2, 0.25) is 0 Å². The van der Waals surface area contributed by atoms with Gasteiger partial charge in [-0.05, 0) is 30.4 Å². The van der Waals surface area contributed by atoms with E-state index in [9.17, 15) is 14.0 Å². The van der Waals surface area contributed by atoms with Crippen molar-refractivity contribution >= 4 is 11.9 Å². The molecule has 0 aliphatic carbocycles. The predicted octanol–water partition coefficient (Wildman–Crippen LogP) is 2.64. The molecule has 1 fully saturated rings. The van der Waals surface area contributed by atoms with Gasteiger partial charge >= 0.3 is 5.97 Å². The normalized spacial score (nSPS) is 17.5. The molecule has 114 valence electrons. The van der Waals surface area contributed by atoms with Gasteiger partial charge in [-0.15, -0.1) is 0 Å². The number of piperidine rings is 1. The summed E-state index contributed by atoms with van der Waals surface area (Å²) in [4.78, 5) is 24.8. The monoisotopic (exact) mass is 293 g/mol. The number of hydrogen-bond donors (Lipinski definition) is 1. The fourth-order valence-electron chi connectivity index (χ4n) is 2.75. The van der Waals surface area contributed by atoms with Crippen molar-refractivity contribution in [3.63, 3.8) is 0 Å². The number of carbonyl (C=O) groups is 2. The lowest BCUT2D eigenvalue weighted by Crippen LogP contribution is -2.40. The van der Waals surface area contributed by atoms with Gasteiger partial charge in [0.15, 0.2) is 0 Å². The first-order valence-electron chi connectivity index (χ1n) is 7.24. The average molecular weight is 293 g/mol. The molecule has 1 aliphatic heterocycles. The number of benzene rings is 1. The zero-order valence-corrected chi connectivity index (χ0v) is 12.1. The lowest BCUT2D eigenvalue weighted by Gasteiger charge is -2.31. The van der Waals surface area contributed by atoms with E-state index < -0.39 is 5.97 Å². The van der Waals surface area contributed by atoms with Crippen LogP contribution in [0.1, 0.15) is 37.7 Å². The molecule has 0 bridgehead atoms. The average Bonchev–Trinajstić information content (AvgIpc) is 2.47. The van der Waals surface area contributed by atoms with Gasteiger partial charge in [0.2, 0.25) is 5.91 Å². The quantitative estimate of drug-likeness (QED) is 0.928. The molecule has 1 atom stereocenters. The van der Waals surface area contributed by atoms with Gasteiger partial charge in [0, 0.05) is 19.5 Å². The summed E-state index contributed by atoms with van der Waals surface area (Å²) < 4.78 is 13.7. The van der Waals surface area contributed by atoms with Crippen LogP contribution in [0.3, 0.4) is 0 Å². The molecule has 0 aromatic heterocycles. The van der Waals surface area contributed by atoms with Gasteiger partial charge in [-0.3, -0.25) is 9.59 Å². The van der Waals surface area contributed by atoms with Crippen molar-refractivity contribution in [1.82, 2.24) is 4.90 Å². The largest absolute Gasteiger partial charge is 0.481 e. The number of carbonyl (C=O) groups excluding carboxylic acids is 1. The van der Waals surface area contributed by atoms with Crippen molar-refractivity contribution in [2.75, 3.05) is 13.1 Å². The molecule has 1 saturated heterocycles. The number of carboxylic acid groups (broad SMARTS) is 1.